The second-order valence-corrected chi connectivity index (χ2v) is 5.91. The Kier molecular flexibility index (Phi) is 4.42. The van der Waals surface area contributed by atoms with Crippen molar-refractivity contribution in [2.75, 3.05) is 6.54 Å². The van der Waals surface area contributed by atoms with Crippen LogP contribution in [0.15, 0.2) is 23.1 Å². The van der Waals surface area contributed by atoms with Crippen LogP contribution in [0.4, 0.5) is 4.39 Å². The molecule has 0 fully saturated rings. The van der Waals surface area contributed by atoms with Crippen molar-refractivity contribution in [3.63, 3.8) is 0 Å². The molecule has 0 aliphatic heterocycles. The summed E-state index contributed by atoms with van der Waals surface area (Å²) in [5.41, 5.74) is -0.388. The maximum Gasteiger partial charge on any atom is 0.243 e. The summed E-state index contributed by atoms with van der Waals surface area (Å²) in [5, 5.41) is 10.6. The second-order valence-electron chi connectivity index (χ2n) is 4.18. The highest BCUT2D eigenvalue weighted by Crippen LogP contribution is 2.16. The third-order valence-corrected chi connectivity index (χ3v) is 3.58. The third kappa shape index (κ3) is 3.51. The number of hydrogen-bond donors (Lipinski definition) is 1. The van der Waals surface area contributed by atoms with Gasteiger partial charge in [0.15, 0.2) is 0 Å². The number of carbonyl (C=O) groups is 1. The van der Waals surface area contributed by atoms with Crippen molar-refractivity contribution in [3.05, 3.63) is 29.6 Å². The standard InChI is InChI=1S/C11H14FNO4S/c1-7(2)6-13-18(16,17)10-5-8(11(14)15)3-4-9(10)12/h3-5,7,13H,6H2,1-2H3,(H,14,15)/p-1. The summed E-state index contributed by atoms with van der Waals surface area (Å²) < 4.78 is 39.2. The molecule has 0 aliphatic carbocycles. The average Bonchev–Trinajstić information content (AvgIpc) is 2.26. The van der Waals surface area contributed by atoms with E-state index in [2.05, 4.69) is 4.72 Å². The number of benzene rings is 1. The van der Waals surface area contributed by atoms with Gasteiger partial charge in [-0.2, -0.15) is 0 Å². The van der Waals surface area contributed by atoms with E-state index in [1.54, 1.807) is 13.8 Å². The Morgan fingerprint density at radius 1 is 1.44 bits per heavy atom. The van der Waals surface area contributed by atoms with Crippen molar-refractivity contribution in [3.8, 4) is 0 Å². The molecule has 0 atom stereocenters. The van der Waals surface area contributed by atoms with Crippen molar-refractivity contribution in [2.24, 2.45) is 5.92 Å². The van der Waals surface area contributed by atoms with Gasteiger partial charge in [0.25, 0.3) is 0 Å². The SMILES string of the molecule is CC(C)CNS(=O)(=O)c1cc(C(=O)[O-])ccc1F. The van der Waals surface area contributed by atoms with Crippen LogP contribution in [-0.4, -0.2) is 20.9 Å². The Hall–Kier alpha value is -1.47. The third-order valence-electron chi connectivity index (χ3n) is 2.14. The number of carboxylic acid groups (broad SMARTS) is 1. The number of carbonyl (C=O) groups excluding carboxylic acids is 1. The lowest BCUT2D eigenvalue weighted by molar-refractivity contribution is -0.255. The van der Waals surface area contributed by atoms with Crippen LogP contribution in [0.1, 0.15) is 24.2 Å². The molecular weight excluding hydrogens is 261 g/mol. The van der Waals surface area contributed by atoms with Crippen LogP contribution >= 0.6 is 0 Å². The molecule has 0 radical (unpaired) electrons. The zero-order chi connectivity index (χ0) is 13.9. The molecule has 0 aromatic heterocycles. The monoisotopic (exact) mass is 274 g/mol. The van der Waals surface area contributed by atoms with Crippen molar-refractivity contribution < 1.29 is 22.7 Å². The van der Waals surface area contributed by atoms with Gasteiger partial charge in [0.2, 0.25) is 10.0 Å². The number of halogens is 1. The number of aromatic carboxylic acids is 1. The van der Waals surface area contributed by atoms with Gasteiger partial charge >= 0.3 is 0 Å². The summed E-state index contributed by atoms with van der Waals surface area (Å²) in [7, 11) is -4.06. The van der Waals surface area contributed by atoms with Gasteiger partial charge in [-0.15, -0.1) is 0 Å². The Morgan fingerprint density at radius 2 is 2.06 bits per heavy atom. The first-order valence-electron chi connectivity index (χ1n) is 5.24. The fourth-order valence-electron chi connectivity index (χ4n) is 1.19. The van der Waals surface area contributed by atoms with Gasteiger partial charge in [0, 0.05) is 6.54 Å². The summed E-state index contributed by atoms with van der Waals surface area (Å²) in [6.45, 7) is 3.71. The molecule has 18 heavy (non-hydrogen) atoms. The van der Waals surface area contributed by atoms with Gasteiger partial charge in [-0.25, -0.2) is 17.5 Å². The number of carboxylic acids is 1. The van der Waals surface area contributed by atoms with Crippen LogP contribution in [0, 0.1) is 11.7 Å². The zero-order valence-corrected chi connectivity index (χ0v) is 10.8. The Bertz CT molecular complexity index is 554. The minimum Gasteiger partial charge on any atom is -0.545 e. The van der Waals surface area contributed by atoms with E-state index in [9.17, 15) is 22.7 Å². The highest BCUT2D eigenvalue weighted by atomic mass is 32.2. The Balaban J connectivity index is 3.15. The number of nitrogens with one attached hydrogen (secondary N) is 1. The number of hydrogen-bond acceptors (Lipinski definition) is 4. The molecule has 0 aliphatic rings. The van der Waals surface area contributed by atoms with Gasteiger partial charge < -0.3 is 9.90 Å². The zero-order valence-electron chi connectivity index (χ0n) is 9.94. The first kappa shape index (κ1) is 14.6. The van der Waals surface area contributed by atoms with Gasteiger partial charge in [-0.05, 0) is 23.6 Å². The molecule has 1 rings (SSSR count). The van der Waals surface area contributed by atoms with Crippen LogP contribution in [0.25, 0.3) is 0 Å². The van der Waals surface area contributed by atoms with E-state index < -0.39 is 26.7 Å². The molecule has 0 unspecified atom stereocenters. The summed E-state index contributed by atoms with van der Waals surface area (Å²) in [4.78, 5) is 9.92. The maximum atomic E-state index is 13.4. The van der Waals surface area contributed by atoms with E-state index in [-0.39, 0.29) is 18.0 Å². The van der Waals surface area contributed by atoms with Gasteiger partial charge in [-0.3, -0.25) is 0 Å². The Labute approximate surface area is 105 Å². The minimum atomic E-state index is -4.06. The van der Waals surface area contributed by atoms with Gasteiger partial charge in [0.1, 0.15) is 10.7 Å². The van der Waals surface area contributed by atoms with E-state index in [4.69, 9.17) is 0 Å². The van der Waals surface area contributed by atoms with Crippen LogP contribution in [0.2, 0.25) is 0 Å². The smallest absolute Gasteiger partial charge is 0.243 e. The van der Waals surface area contributed by atoms with E-state index in [1.807, 2.05) is 0 Å². The molecular formula is C11H13FNO4S-. The van der Waals surface area contributed by atoms with Crippen LogP contribution in [0.5, 0.6) is 0 Å². The van der Waals surface area contributed by atoms with Crippen LogP contribution < -0.4 is 9.83 Å². The van der Waals surface area contributed by atoms with Crippen LogP contribution in [-0.2, 0) is 10.0 Å². The normalized spacial score (nSPS) is 11.8. The fraction of sp³-hybridized carbons (Fsp3) is 0.364. The molecule has 0 bridgehead atoms. The molecule has 1 aromatic carbocycles. The van der Waals surface area contributed by atoms with Crippen molar-refractivity contribution >= 4 is 16.0 Å². The molecule has 0 saturated heterocycles. The van der Waals surface area contributed by atoms with Gasteiger partial charge in [-0.1, -0.05) is 19.9 Å². The maximum absolute atomic E-state index is 13.4. The number of rotatable bonds is 5. The lowest BCUT2D eigenvalue weighted by atomic mass is 10.2. The molecule has 100 valence electrons. The highest BCUT2D eigenvalue weighted by Gasteiger charge is 2.19. The summed E-state index contributed by atoms with van der Waals surface area (Å²) in [6.07, 6.45) is 0. The Morgan fingerprint density at radius 3 is 2.56 bits per heavy atom. The minimum absolute atomic E-state index is 0.0483. The number of sulfonamides is 1. The summed E-state index contributed by atoms with van der Waals surface area (Å²) in [6, 6.07) is 2.48. The molecule has 1 aromatic rings. The van der Waals surface area contributed by atoms with Crippen molar-refractivity contribution in [2.45, 2.75) is 18.7 Å². The van der Waals surface area contributed by atoms with E-state index >= 15 is 0 Å². The second kappa shape index (κ2) is 5.45. The molecule has 0 spiro atoms. The highest BCUT2D eigenvalue weighted by molar-refractivity contribution is 7.89. The van der Waals surface area contributed by atoms with Crippen molar-refractivity contribution in [1.29, 1.82) is 0 Å². The molecule has 0 heterocycles. The summed E-state index contributed by atoms with van der Waals surface area (Å²) in [5.74, 6) is -2.52. The summed E-state index contributed by atoms with van der Waals surface area (Å²) >= 11 is 0. The predicted octanol–water partition coefficient (Wildman–Crippen LogP) is 0.124. The molecule has 5 nitrogen and oxygen atoms in total. The van der Waals surface area contributed by atoms with Crippen LogP contribution in [0.3, 0.4) is 0 Å². The first-order chi connectivity index (χ1) is 8.24. The average molecular weight is 274 g/mol. The van der Waals surface area contributed by atoms with E-state index in [0.717, 1.165) is 18.2 Å². The quantitative estimate of drug-likeness (QED) is 0.826. The molecule has 0 amide bonds. The topological polar surface area (TPSA) is 86.3 Å². The molecule has 7 heteroatoms. The van der Waals surface area contributed by atoms with E-state index in [1.165, 1.54) is 0 Å². The predicted molar refractivity (Wildman–Crippen MR) is 60.8 cm³/mol. The first-order valence-corrected chi connectivity index (χ1v) is 6.73. The molecule has 1 N–H and O–H groups in total. The lowest BCUT2D eigenvalue weighted by Crippen LogP contribution is -2.29. The lowest BCUT2D eigenvalue weighted by Gasteiger charge is -2.11. The van der Waals surface area contributed by atoms with Gasteiger partial charge in [0.05, 0.1) is 5.97 Å². The molecule has 0 saturated carbocycles. The van der Waals surface area contributed by atoms with E-state index in [0.29, 0.717) is 0 Å². The fourth-order valence-corrected chi connectivity index (χ4v) is 2.51. The largest absolute Gasteiger partial charge is 0.545 e. The van der Waals surface area contributed by atoms with Crippen molar-refractivity contribution in [1.82, 2.24) is 4.72 Å².